The van der Waals surface area contributed by atoms with Crippen molar-refractivity contribution in [2.75, 3.05) is 0 Å². The maximum absolute atomic E-state index is 5.58. The Morgan fingerprint density at radius 2 is 1.78 bits per heavy atom. The minimum Gasteiger partial charge on any atom is -0.321 e. The molecule has 0 saturated carbocycles. The zero-order valence-corrected chi connectivity index (χ0v) is 5.75. The second-order valence-electron chi connectivity index (χ2n) is 2.42. The second kappa shape index (κ2) is 2.83. The zero-order valence-electron chi connectivity index (χ0n) is 5.75. The number of allylic oxidation sites excluding steroid dienone is 2. The number of rotatable bonds is 1. The molecule has 1 heteroatoms. The number of hydrogen-bond acceptors (Lipinski definition) is 1. The van der Waals surface area contributed by atoms with E-state index in [4.69, 9.17) is 5.73 Å². The fraction of sp³-hybridized carbons (Fsp3) is 0.500. The highest BCUT2D eigenvalue weighted by molar-refractivity contribution is 5.15. The molecule has 1 rings (SSSR count). The summed E-state index contributed by atoms with van der Waals surface area (Å²) in [6.45, 7) is 2.18. The Bertz CT molecular complexity index is 122. The van der Waals surface area contributed by atoms with E-state index < -0.39 is 0 Å². The molecule has 0 fully saturated rings. The van der Waals surface area contributed by atoms with Gasteiger partial charge in [0.25, 0.3) is 0 Å². The molecule has 1 aliphatic carbocycles. The molecule has 0 atom stereocenters. The smallest absolute Gasteiger partial charge is 0.0410 e. The summed E-state index contributed by atoms with van der Waals surface area (Å²) < 4.78 is 0. The van der Waals surface area contributed by atoms with Gasteiger partial charge in [0.1, 0.15) is 0 Å². The number of nitrogens with two attached hydrogens (primary N) is 1. The molecule has 0 aromatic heterocycles. The summed E-state index contributed by atoms with van der Waals surface area (Å²) in [5.41, 5.74) is 5.58. The molecule has 2 N–H and O–H groups in total. The van der Waals surface area contributed by atoms with Gasteiger partial charge in [-0.05, 0) is 12.3 Å². The summed E-state index contributed by atoms with van der Waals surface area (Å²) in [7, 11) is 0. The van der Waals surface area contributed by atoms with Gasteiger partial charge < -0.3 is 5.73 Å². The first-order chi connectivity index (χ1) is 4.33. The van der Waals surface area contributed by atoms with Crippen molar-refractivity contribution in [3.8, 4) is 0 Å². The van der Waals surface area contributed by atoms with Gasteiger partial charge in [-0.3, -0.25) is 0 Å². The first-order valence-corrected chi connectivity index (χ1v) is 3.45. The topological polar surface area (TPSA) is 26.0 Å². The molecule has 0 aromatic rings. The van der Waals surface area contributed by atoms with Crippen LogP contribution in [-0.2, 0) is 0 Å². The molecule has 1 nitrogen and oxygen atoms in total. The first-order valence-electron chi connectivity index (χ1n) is 3.45. The average Bonchev–Trinajstić information content (AvgIpc) is 1.90. The van der Waals surface area contributed by atoms with Crippen LogP contribution in [0.2, 0.25) is 0 Å². The van der Waals surface area contributed by atoms with Crippen LogP contribution < -0.4 is 5.73 Å². The minimum atomic E-state index is 0.160. The molecular weight excluding hydrogens is 110 g/mol. The van der Waals surface area contributed by atoms with Crippen molar-refractivity contribution in [3.05, 3.63) is 24.3 Å². The summed E-state index contributed by atoms with van der Waals surface area (Å²) in [5.74, 6) is 0.629. The normalized spacial score (nSPS) is 33.1. The molecule has 0 aliphatic heterocycles. The molecule has 0 saturated heterocycles. The predicted molar refractivity (Wildman–Crippen MR) is 40.0 cm³/mol. The van der Waals surface area contributed by atoms with Crippen LogP contribution in [0.1, 0.15) is 13.3 Å². The van der Waals surface area contributed by atoms with Crippen LogP contribution in [0.15, 0.2) is 24.3 Å². The van der Waals surface area contributed by atoms with E-state index in [1.54, 1.807) is 0 Å². The molecule has 1 aliphatic rings. The Morgan fingerprint density at radius 1 is 1.22 bits per heavy atom. The standard InChI is InChI=1S/C8H13N/c1-2-7-3-5-8(9)6-4-7/h3-8H,2,9H2,1H3. The third-order valence-electron chi connectivity index (χ3n) is 1.63. The van der Waals surface area contributed by atoms with E-state index in [-0.39, 0.29) is 6.04 Å². The van der Waals surface area contributed by atoms with E-state index in [0.717, 1.165) is 0 Å². The maximum Gasteiger partial charge on any atom is 0.0410 e. The van der Waals surface area contributed by atoms with Crippen molar-refractivity contribution >= 4 is 0 Å². The molecule has 0 unspecified atom stereocenters. The third kappa shape index (κ3) is 1.68. The quantitative estimate of drug-likeness (QED) is 0.525. The highest BCUT2D eigenvalue weighted by atomic mass is 14.6. The van der Waals surface area contributed by atoms with Crippen molar-refractivity contribution in [3.63, 3.8) is 0 Å². The lowest BCUT2D eigenvalue weighted by Gasteiger charge is -2.10. The highest BCUT2D eigenvalue weighted by Crippen LogP contribution is 2.11. The lowest BCUT2D eigenvalue weighted by molar-refractivity contribution is 0.747. The van der Waals surface area contributed by atoms with Crippen LogP contribution in [0, 0.1) is 5.92 Å². The van der Waals surface area contributed by atoms with Gasteiger partial charge in [0.15, 0.2) is 0 Å². The molecular formula is C8H13N. The lowest BCUT2D eigenvalue weighted by atomic mass is 9.99. The van der Waals surface area contributed by atoms with Crippen LogP contribution in [0.25, 0.3) is 0 Å². The van der Waals surface area contributed by atoms with Gasteiger partial charge in [-0.25, -0.2) is 0 Å². The Kier molecular flexibility index (Phi) is 2.06. The van der Waals surface area contributed by atoms with E-state index in [1.165, 1.54) is 6.42 Å². The Balaban J connectivity index is 2.48. The summed E-state index contributed by atoms with van der Waals surface area (Å²) in [6, 6.07) is 0.160. The Hall–Kier alpha value is -0.560. The maximum atomic E-state index is 5.58. The van der Waals surface area contributed by atoms with Crippen LogP contribution in [0.5, 0.6) is 0 Å². The summed E-state index contributed by atoms with van der Waals surface area (Å²) >= 11 is 0. The Morgan fingerprint density at radius 3 is 2.22 bits per heavy atom. The second-order valence-corrected chi connectivity index (χ2v) is 2.42. The fourth-order valence-corrected chi connectivity index (χ4v) is 0.943. The van der Waals surface area contributed by atoms with E-state index in [9.17, 15) is 0 Å². The summed E-state index contributed by atoms with van der Waals surface area (Å²) in [6.07, 6.45) is 9.62. The number of hydrogen-bond donors (Lipinski definition) is 1. The predicted octanol–water partition coefficient (Wildman–Crippen LogP) is 1.47. The van der Waals surface area contributed by atoms with Gasteiger partial charge in [-0.15, -0.1) is 0 Å². The third-order valence-corrected chi connectivity index (χ3v) is 1.63. The van der Waals surface area contributed by atoms with Gasteiger partial charge in [-0.1, -0.05) is 31.2 Å². The van der Waals surface area contributed by atoms with Crippen LogP contribution in [0.4, 0.5) is 0 Å². The molecule has 0 radical (unpaired) electrons. The molecule has 50 valence electrons. The average molecular weight is 123 g/mol. The first kappa shape index (κ1) is 6.56. The molecule has 0 amide bonds. The van der Waals surface area contributed by atoms with Crippen molar-refractivity contribution in [2.45, 2.75) is 19.4 Å². The van der Waals surface area contributed by atoms with Crippen molar-refractivity contribution in [2.24, 2.45) is 11.7 Å². The largest absolute Gasteiger partial charge is 0.321 e. The van der Waals surface area contributed by atoms with Gasteiger partial charge in [0.05, 0.1) is 0 Å². The molecule has 0 spiro atoms. The van der Waals surface area contributed by atoms with Crippen molar-refractivity contribution in [1.29, 1.82) is 0 Å². The van der Waals surface area contributed by atoms with Gasteiger partial charge in [0.2, 0.25) is 0 Å². The van der Waals surface area contributed by atoms with E-state index in [1.807, 2.05) is 12.2 Å². The minimum absolute atomic E-state index is 0.160. The lowest BCUT2D eigenvalue weighted by Crippen LogP contribution is -2.16. The molecule has 9 heavy (non-hydrogen) atoms. The van der Waals surface area contributed by atoms with Crippen molar-refractivity contribution in [1.82, 2.24) is 0 Å². The van der Waals surface area contributed by atoms with E-state index in [0.29, 0.717) is 5.92 Å². The molecule has 0 bridgehead atoms. The molecule has 0 aromatic carbocycles. The van der Waals surface area contributed by atoms with Gasteiger partial charge in [0, 0.05) is 6.04 Å². The van der Waals surface area contributed by atoms with Crippen LogP contribution in [0.3, 0.4) is 0 Å². The monoisotopic (exact) mass is 123 g/mol. The summed E-state index contributed by atoms with van der Waals surface area (Å²) in [5, 5.41) is 0. The van der Waals surface area contributed by atoms with Crippen LogP contribution in [-0.4, -0.2) is 6.04 Å². The van der Waals surface area contributed by atoms with Crippen LogP contribution >= 0.6 is 0 Å². The van der Waals surface area contributed by atoms with E-state index >= 15 is 0 Å². The van der Waals surface area contributed by atoms with E-state index in [2.05, 4.69) is 19.1 Å². The highest BCUT2D eigenvalue weighted by Gasteiger charge is 2.02. The Labute approximate surface area is 56.2 Å². The zero-order chi connectivity index (χ0) is 6.69. The fourth-order valence-electron chi connectivity index (χ4n) is 0.943. The molecule has 0 heterocycles. The SMILES string of the molecule is CCC1C=CC(N)C=C1. The van der Waals surface area contributed by atoms with Gasteiger partial charge in [-0.2, -0.15) is 0 Å². The van der Waals surface area contributed by atoms with Crippen molar-refractivity contribution < 1.29 is 0 Å². The van der Waals surface area contributed by atoms with Gasteiger partial charge >= 0.3 is 0 Å². The summed E-state index contributed by atoms with van der Waals surface area (Å²) in [4.78, 5) is 0.